The molecule has 3 nitrogen and oxygen atoms in total. The number of hydrogen-bond acceptors (Lipinski definition) is 3. The second kappa shape index (κ2) is 17.8. The van der Waals surface area contributed by atoms with E-state index in [1.807, 2.05) is 18.2 Å². The van der Waals surface area contributed by atoms with Gasteiger partial charge in [-0.25, -0.2) is 15.0 Å². The van der Waals surface area contributed by atoms with Gasteiger partial charge in [0.05, 0.1) is 0 Å². The highest BCUT2D eigenvalue weighted by molar-refractivity contribution is 6.00. The van der Waals surface area contributed by atoms with Crippen molar-refractivity contribution in [1.29, 1.82) is 0 Å². The maximum atomic E-state index is 5.28. The van der Waals surface area contributed by atoms with Crippen LogP contribution in [0.3, 0.4) is 0 Å². The fourth-order valence-corrected chi connectivity index (χ4v) is 7.79. The molecule has 286 valence electrons. The molecule has 0 spiro atoms. The summed E-state index contributed by atoms with van der Waals surface area (Å²) >= 11 is 0. The van der Waals surface area contributed by atoms with Crippen molar-refractivity contribution in [3.63, 3.8) is 0 Å². The Morgan fingerprint density at radius 3 is 2.18 bits per heavy atom. The molecule has 1 heterocycles. The Bertz CT molecular complexity index is 3000. The summed E-state index contributed by atoms with van der Waals surface area (Å²) < 4.78 is 0. The summed E-state index contributed by atoms with van der Waals surface area (Å²) in [5.74, 6) is 1.89. The van der Waals surface area contributed by atoms with Crippen molar-refractivity contribution in [2.45, 2.75) is 19.8 Å². The maximum Gasteiger partial charge on any atom is 0.164 e. The lowest BCUT2D eigenvalue weighted by molar-refractivity contribution is 1.03. The normalized spacial score (nSPS) is 16.2. The molecule has 0 fully saturated rings. The molecule has 0 bridgehead atoms. The topological polar surface area (TPSA) is 38.7 Å². The van der Waals surface area contributed by atoms with E-state index in [2.05, 4.69) is 213 Å². The van der Waals surface area contributed by atoms with Crippen molar-refractivity contribution < 1.29 is 0 Å². The first-order chi connectivity index (χ1) is 29.7. The minimum Gasteiger partial charge on any atom is -0.208 e. The molecule has 3 heteroatoms. The largest absolute Gasteiger partial charge is 0.208 e. The Balaban J connectivity index is 1.16. The number of fused-ring (bicyclic) bond motifs is 3. The van der Waals surface area contributed by atoms with Crippen LogP contribution in [-0.4, -0.2) is 15.0 Å². The zero-order valence-corrected chi connectivity index (χ0v) is 33.5. The molecule has 6 aromatic carbocycles. The number of hydrogen-bond donors (Lipinski definition) is 0. The number of aromatic nitrogens is 3. The van der Waals surface area contributed by atoms with Gasteiger partial charge in [-0.15, -0.1) is 5.73 Å². The van der Waals surface area contributed by atoms with Crippen LogP contribution in [0, 0.1) is 0 Å². The van der Waals surface area contributed by atoms with Crippen LogP contribution in [-0.2, 0) is 0 Å². The highest BCUT2D eigenvalue weighted by Gasteiger charge is 2.18. The Morgan fingerprint density at radius 1 is 0.633 bits per heavy atom. The van der Waals surface area contributed by atoms with Gasteiger partial charge in [-0.2, -0.15) is 0 Å². The molecule has 0 aliphatic heterocycles. The van der Waals surface area contributed by atoms with Crippen molar-refractivity contribution in [2.24, 2.45) is 0 Å². The molecule has 2 aliphatic rings. The first-order valence-corrected chi connectivity index (χ1v) is 20.5. The highest BCUT2D eigenvalue weighted by Crippen LogP contribution is 2.37. The van der Waals surface area contributed by atoms with E-state index >= 15 is 0 Å². The van der Waals surface area contributed by atoms with Crippen LogP contribution in [0.15, 0.2) is 206 Å². The van der Waals surface area contributed by atoms with Gasteiger partial charge in [-0.1, -0.05) is 182 Å². The fraction of sp³-hybridized carbons (Fsp3) is 0.0526. The minimum absolute atomic E-state index is 0.623. The maximum absolute atomic E-state index is 5.28. The fourth-order valence-electron chi connectivity index (χ4n) is 7.79. The Morgan fingerprint density at radius 2 is 1.35 bits per heavy atom. The van der Waals surface area contributed by atoms with Gasteiger partial charge in [-0.3, -0.25) is 0 Å². The Labute approximate surface area is 352 Å². The Kier molecular flexibility index (Phi) is 11.2. The van der Waals surface area contributed by atoms with Gasteiger partial charge < -0.3 is 0 Å². The molecule has 0 saturated heterocycles. The van der Waals surface area contributed by atoms with E-state index in [1.54, 1.807) is 0 Å². The molecule has 0 radical (unpaired) electrons. The molecule has 9 rings (SSSR count). The van der Waals surface area contributed by atoms with Crippen molar-refractivity contribution in [3.8, 4) is 33.9 Å². The van der Waals surface area contributed by atoms with Crippen LogP contribution in [0.2, 0.25) is 0 Å². The first kappa shape index (κ1) is 37.8. The number of allylic oxidation sites excluding steroid dienone is 13. The van der Waals surface area contributed by atoms with Crippen LogP contribution >= 0.6 is 0 Å². The average Bonchev–Trinajstić information content (AvgIpc) is 3.56. The molecule has 0 saturated carbocycles. The molecule has 0 atom stereocenters. The molecule has 0 unspecified atom stereocenters. The van der Waals surface area contributed by atoms with E-state index < -0.39 is 0 Å². The molecule has 0 amide bonds. The SMILES string of the molecule is C\C=C(/C=C\C=C\c1ccccc1)c1cccc(-c2nc(C3=C/C/C=C\C/C(c4cc5ccccc5c5c4C=CC=C=C5)=C\3)nc(-c3cccc(-c4ccccc4)c3)n2)c1. The van der Waals surface area contributed by atoms with Crippen molar-refractivity contribution in [1.82, 2.24) is 15.0 Å². The van der Waals surface area contributed by atoms with Gasteiger partial charge in [0.15, 0.2) is 17.5 Å². The van der Waals surface area contributed by atoms with Gasteiger partial charge in [0, 0.05) is 16.7 Å². The van der Waals surface area contributed by atoms with E-state index in [0.29, 0.717) is 17.5 Å². The predicted molar refractivity (Wildman–Crippen MR) is 254 cm³/mol. The molecule has 60 heavy (non-hydrogen) atoms. The second-order valence-electron chi connectivity index (χ2n) is 14.8. The summed E-state index contributed by atoms with van der Waals surface area (Å²) in [6.07, 6.45) is 29.5. The average molecular weight is 770 g/mol. The predicted octanol–water partition coefficient (Wildman–Crippen LogP) is 14.7. The van der Waals surface area contributed by atoms with Gasteiger partial charge in [0.2, 0.25) is 0 Å². The quantitative estimate of drug-likeness (QED) is 0.0834. The van der Waals surface area contributed by atoms with Crippen LogP contribution in [0.5, 0.6) is 0 Å². The van der Waals surface area contributed by atoms with Crippen LogP contribution in [0.25, 0.3) is 79.6 Å². The Hall–Kier alpha value is -7.71. The van der Waals surface area contributed by atoms with Crippen LogP contribution in [0.1, 0.15) is 53.4 Å². The molecule has 2 aliphatic carbocycles. The van der Waals surface area contributed by atoms with Crippen LogP contribution in [0.4, 0.5) is 0 Å². The van der Waals surface area contributed by atoms with Gasteiger partial charge in [0.25, 0.3) is 0 Å². The summed E-state index contributed by atoms with van der Waals surface area (Å²) in [7, 11) is 0. The van der Waals surface area contributed by atoms with Gasteiger partial charge in [-0.05, 0) is 117 Å². The van der Waals surface area contributed by atoms with E-state index in [0.717, 1.165) is 57.4 Å². The summed E-state index contributed by atoms with van der Waals surface area (Å²) in [4.78, 5) is 15.7. The molecular weight excluding hydrogens is 727 g/mol. The van der Waals surface area contributed by atoms with E-state index in [4.69, 9.17) is 15.0 Å². The lowest BCUT2D eigenvalue weighted by atomic mass is 9.87. The van der Waals surface area contributed by atoms with Crippen molar-refractivity contribution >= 4 is 45.7 Å². The zero-order chi connectivity index (χ0) is 40.5. The number of rotatable bonds is 9. The van der Waals surface area contributed by atoms with E-state index in [-0.39, 0.29) is 0 Å². The molecular formula is C57H43N3. The lowest BCUT2D eigenvalue weighted by Crippen LogP contribution is -2.04. The van der Waals surface area contributed by atoms with Gasteiger partial charge >= 0.3 is 0 Å². The summed E-state index contributed by atoms with van der Waals surface area (Å²) in [5, 5.41) is 2.41. The van der Waals surface area contributed by atoms with Gasteiger partial charge in [0.1, 0.15) is 0 Å². The van der Waals surface area contributed by atoms with Crippen molar-refractivity contribution in [3.05, 3.63) is 240 Å². The van der Waals surface area contributed by atoms with E-state index in [1.165, 1.54) is 33.0 Å². The third kappa shape index (κ3) is 8.44. The number of benzene rings is 6. The van der Waals surface area contributed by atoms with Crippen LogP contribution < -0.4 is 0 Å². The standard InChI is InChI=1S/C57H43N3/c1-2-42(24-16-15-23-41-21-7-3-8-22-41)44-30-19-32-49(37-44)56-58-55(59-57(60-56)50-33-20-31-45(38-50)43-25-9-4-10-26-43)48-29-12-5-11-27-46(39-48)54-40-47-28-17-18-34-51(47)52-35-13-6-14-36-53(52)54/h2-11,14-26,28-40H,12,27H2,1H3/b11-5-,23-15+,24-16-,42-2+,46-39+,48-29+. The first-order valence-electron chi connectivity index (χ1n) is 20.5. The molecule has 7 aromatic rings. The smallest absolute Gasteiger partial charge is 0.164 e. The highest BCUT2D eigenvalue weighted by atomic mass is 15.0. The zero-order valence-electron chi connectivity index (χ0n) is 33.5. The third-order valence-corrected chi connectivity index (χ3v) is 10.8. The number of nitrogens with zero attached hydrogens (tertiary/aromatic N) is 3. The molecule has 1 aromatic heterocycles. The molecule has 0 N–H and O–H groups in total. The summed E-state index contributed by atoms with van der Waals surface area (Å²) in [6, 6.07) is 48.7. The minimum atomic E-state index is 0.623. The third-order valence-electron chi connectivity index (χ3n) is 10.8. The van der Waals surface area contributed by atoms with Crippen molar-refractivity contribution in [2.75, 3.05) is 0 Å². The summed E-state index contributed by atoms with van der Waals surface area (Å²) in [6.45, 7) is 2.07. The summed E-state index contributed by atoms with van der Waals surface area (Å²) in [5.41, 5.74) is 16.5. The lowest BCUT2D eigenvalue weighted by Gasteiger charge is -2.17. The monoisotopic (exact) mass is 769 g/mol. The van der Waals surface area contributed by atoms with E-state index in [9.17, 15) is 0 Å². The second-order valence-corrected chi connectivity index (χ2v) is 14.8.